The van der Waals surface area contributed by atoms with E-state index in [2.05, 4.69) is 12.1 Å². The zero-order valence-electron chi connectivity index (χ0n) is 11.1. The molecule has 1 rings (SSSR count). The SMILES string of the molecule is CC(C)(O)CCc1ccc(CCCC(=O)O)cc1. The standard InChI is InChI=1S/C15H22O3/c1-15(2,18)11-10-13-8-6-12(7-9-13)4-3-5-14(16)17/h6-9,18H,3-5,10-11H2,1-2H3,(H,16,17). The Balaban J connectivity index is 2.40. The second-order valence-electron chi connectivity index (χ2n) is 5.38. The Bertz CT molecular complexity index is 374. The molecule has 0 bridgehead atoms. The molecule has 1 aromatic rings. The highest BCUT2D eigenvalue weighted by Gasteiger charge is 2.11. The molecule has 0 aliphatic carbocycles. The van der Waals surface area contributed by atoms with Crippen LogP contribution in [-0.2, 0) is 17.6 Å². The van der Waals surface area contributed by atoms with E-state index in [1.165, 1.54) is 11.1 Å². The van der Waals surface area contributed by atoms with Gasteiger partial charge in [0.1, 0.15) is 0 Å². The first-order valence-corrected chi connectivity index (χ1v) is 6.39. The molecule has 0 unspecified atom stereocenters. The molecule has 0 amide bonds. The summed E-state index contributed by atoms with van der Waals surface area (Å²) in [6, 6.07) is 8.20. The van der Waals surface area contributed by atoms with Crippen molar-refractivity contribution in [3.05, 3.63) is 35.4 Å². The lowest BCUT2D eigenvalue weighted by atomic mass is 9.97. The summed E-state index contributed by atoms with van der Waals surface area (Å²) in [7, 11) is 0. The molecule has 0 aliphatic rings. The number of carbonyl (C=O) groups is 1. The molecule has 0 atom stereocenters. The molecule has 0 saturated carbocycles. The van der Waals surface area contributed by atoms with E-state index in [-0.39, 0.29) is 6.42 Å². The van der Waals surface area contributed by atoms with Gasteiger partial charge in [0.25, 0.3) is 0 Å². The minimum absolute atomic E-state index is 0.223. The average molecular weight is 250 g/mol. The minimum atomic E-state index is -0.739. The molecule has 1 aromatic carbocycles. The second kappa shape index (κ2) is 6.55. The van der Waals surface area contributed by atoms with Crippen LogP contribution >= 0.6 is 0 Å². The largest absolute Gasteiger partial charge is 0.481 e. The van der Waals surface area contributed by atoms with Gasteiger partial charge in [-0.15, -0.1) is 0 Å². The first-order valence-electron chi connectivity index (χ1n) is 6.39. The van der Waals surface area contributed by atoms with Crippen LogP contribution in [0, 0.1) is 0 Å². The maximum absolute atomic E-state index is 10.4. The molecule has 18 heavy (non-hydrogen) atoms. The summed E-state index contributed by atoms with van der Waals surface area (Å²) in [5.74, 6) is -0.739. The van der Waals surface area contributed by atoms with E-state index >= 15 is 0 Å². The van der Waals surface area contributed by atoms with Crippen LogP contribution in [0.1, 0.15) is 44.2 Å². The van der Waals surface area contributed by atoms with E-state index in [0.29, 0.717) is 6.42 Å². The van der Waals surface area contributed by atoms with Gasteiger partial charge in [-0.2, -0.15) is 0 Å². The lowest BCUT2D eigenvalue weighted by molar-refractivity contribution is -0.137. The van der Waals surface area contributed by atoms with E-state index in [1.807, 2.05) is 26.0 Å². The Hall–Kier alpha value is -1.35. The lowest BCUT2D eigenvalue weighted by Gasteiger charge is -2.16. The highest BCUT2D eigenvalue weighted by molar-refractivity contribution is 5.66. The molecule has 0 radical (unpaired) electrons. The summed E-state index contributed by atoms with van der Waals surface area (Å²) in [5, 5.41) is 18.2. The summed E-state index contributed by atoms with van der Waals surface area (Å²) in [6.07, 6.45) is 3.31. The number of rotatable bonds is 7. The molecule has 0 saturated heterocycles. The van der Waals surface area contributed by atoms with Crippen molar-refractivity contribution >= 4 is 5.97 Å². The molecule has 0 spiro atoms. The Morgan fingerprint density at radius 1 is 1.11 bits per heavy atom. The van der Waals surface area contributed by atoms with Gasteiger partial charge in [-0.1, -0.05) is 24.3 Å². The van der Waals surface area contributed by atoms with Gasteiger partial charge in [-0.25, -0.2) is 0 Å². The number of hydrogen-bond acceptors (Lipinski definition) is 2. The van der Waals surface area contributed by atoms with Crippen LogP contribution in [0.15, 0.2) is 24.3 Å². The van der Waals surface area contributed by atoms with Gasteiger partial charge in [0, 0.05) is 6.42 Å². The molecule has 100 valence electrons. The maximum Gasteiger partial charge on any atom is 0.303 e. The third-order valence-corrected chi connectivity index (χ3v) is 2.90. The van der Waals surface area contributed by atoms with Crippen molar-refractivity contribution in [2.24, 2.45) is 0 Å². The maximum atomic E-state index is 10.4. The zero-order chi connectivity index (χ0) is 13.6. The molecule has 2 N–H and O–H groups in total. The smallest absolute Gasteiger partial charge is 0.303 e. The average Bonchev–Trinajstić information content (AvgIpc) is 2.26. The predicted octanol–water partition coefficient (Wildman–Crippen LogP) is 2.80. The predicted molar refractivity (Wildman–Crippen MR) is 71.6 cm³/mol. The van der Waals surface area contributed by atoms with Crippen molar-refractivity contribution in [1.82, 2.24) is 0 Å². The van der Waals surface area contributed by atoms with Crippen molar-refractivity contribution < 1.29 is 15.0 Å². The highest BCUT2D eigenvalue weighted by atomic mass is 16.4. The molecule has 3 nitrogen and oxygen atoms in total. The zero-order valence-corrected chi connectivity index (χ0v) is 11.1. The van der Waals surface area contributed by atoms with Gasteiger partial charge in [0.15, 0.2) is 0 Å². The molecule has 0 heterocycles. The van der Waals surface area contributed by atoms with Crippen LogP contribution in [0.2, 0.25) is 0 Å². The molecule has 0 fully saturated rings. The Labute approximate surface area is 108 Å². The van der Waals surface area contributed by atoms with Gasteiger partial charge in [-0.05, 0) is 50.7 Å². The number of carboxylic acids is 1. The Morgan fingerprint density at radius 2 is 1.61 bits per heavy atom. The Morgan fingerprint density at radius 3 is 2.06 bits per heavy atom. The van der Waals surface area contributed by atoms with Crippen molar-refractivity contribution in [2.75, 3.05) is 0 Å². The third kappa shape index (κ3) is 6.40. The summed E-state index contributed by atoms with van der Waals surface area (Å²) in [4.78, 5) is 10.4. The summed E-state index contributed by atoms with van der Waals surface area (Å²) >= 11 is 0. The Kier molecular flexibility index (Phi) is 5.35. The number of hydrogen-bond donors (Lipinski definition) is 2. The van der Waals surface area contributed by atoms with Crippen LogP contribution in [0.4, 0.5) is 0 Å². The molecule has 0 aliphatic heterocycles. The van der Waals surface area contributed by atoms with Crippen molar-refractivity contribution in [1.29, 1.82) is 0 Å². The first-order chi connectivity index (χ1) is 8.37. The second-order valence-corrected chi connectivity index (χ2v) is 5.38. The quantitative estimate of drug-likeness (QED) is 0.782. The van der Waals surface area contributed by atoms with E-state index in [1.54, 1.807) is 0 Å². The van der Waals surface area contributed by atoms with Gasteiger partial charge in [-0.3, -0.25) is 4.79 Å². The van der Waals surface area contributed by atoms with Gasteiger partial charge >= 0.3 is 5.97 Å². The van der Waals surface area contributed by atoms with Gasteiger partial charge < -0.3 is 10.2 Å². The van der Waals surface area contributed by atoms with E-state index in [9.17, 15) is 9.90 Å². The van der Waals surface area contributed by atoms with Gasteiger partial charge in [0.2, 0.25) is 0 Å². The topological polar surface area (TPSA) is 57.5 Å². The van der Waals surface area contributed by atoms with E-state index in [0.717, 1.165) is 19.3 Å². The van der Waals surface area contributed by atoms with Crippen LogP contribution in [0.5, 0.6) is 0 Å². The molecule has 3 heteroatoms. The summed E-state index contributed by atoms with van der Waals surface area (Å²) in [6.45, 7) is 3.63. The molecule has 0 aromatic heterocycles. The van der Waals surface area contributed by atoms with Crippen molar-refractivity contribution in [2.45, 2.75) is 51.6 Å². The van der Waals surface area contributed by atoms with Crippen molar-refractivity contribution in [3.8, 4) is 0 Å². The van der Waals surface area contributed by atoms with Crippen LogP contribution < -0.4 is 0 Å². The van der Waals surface area contributed by atoms with Gasteiger partial charge in [0.05, 0.1) is 5.60 Å². The normalized spacial score (nSPS) is 11.5. The lowest BCUT2D eigenvalue weighted by Crippen LogP contribution is -2.19. The molecular weight excluding hydrogens is 228 g/mol. The number of benzene rings is 1. The number of aryl methyl sites for hydroxylation is 2. The van der Waals surface area contributed by atoms with E-state index < -0.39 is 11.6 Å². The van der Waals surface area contributed by atoms with Crippen LogP contribution in [0.3, 0.4) is 0 Å². The fourth-order valence-electron chi connectivity index (χ4n) is 1.77. The fourth-order valence-corrected chi connectivity index (χ4v) is 1.77. The monoisotopic (exact) mass is 250 g/mol. The number of aliphatic hydroxyl groups is 1. The minimum Gasteiger partial charge on any atom is -0.481 e. The van der Waals surface area contributed by atoms with Crippen LogP contribution in [-0.4, -0.2) is 21.8 Å². The summed E-state index contributed by atoms with van der Waals surface area (Å²) in [5.41, 5.74) is 1.75. The third-order valence-electron chi connectivity index (χ3n) is 2.90. The highest BCUT2D eigenvalue weighted by Crippen LogP contribution is 2.14. The fraction of sp³-hybridized carbons (Fsp3) is 0.533. The first kappa shape index (κ1) is 14.7. The number of aliphatic carboxylic acids is 1. The van der Waals surface area contributed by atoms with E-state index in [4.69, 9.17) is 5.11 Å². The number of carboxylic acid groups (broad SMARTS) is 1. The summed E-state index contributed by atoms with van der Waals surface area (Å²) < 4.78 is 0. The van der Waals surface area contributed by atoms with Crippen LogP contribution in [0.25, 0.3) is 0 Å². The molecular formula is C15H22O3. The van der Waals surface area contributed by atoms with Crippen molar-refractivity contribution in [3.63, 3.8) is 0 Å².